The smallest absolute Gasteiger partial charge is 0.186 e. The number of rotatable bonds is 2. The largest absolute Gasteiger partial charge is 0.427 e. The van der Waals surface area contributed by atoms with Crippen LogP contribution in [0.15, 0.2) is 43.0 Å². The lowest BCUT2D eigenvalue weighted by Crippen LogP contribution is -2.22. The number of nitrogens with zero attached hydrogens (tertiary/aromatic N) is 4. The van der Waals surface area contributed by atoms with Gasteiger partial charge in [0.25, 0.3) is 0 Å². The number of hydrogen-bond acceptors (Lipinski definition) is 4. The zero-order chi connectivity index (χ0) is 12.5. The molecule has 0 spiro atoms. The lowest BCUT2D eigenvalue weighted by Gasteiger charge is -2.06. The van der Waals surface area contributed by atoms with Gasteiger partial charge in [-0.25, -0.2) is 9.97 Å². The summed E-state index contributed by atoms with van der Waals surface area (Å²) in [6, 6.07) is 9.79. The normalized spacial score (nSPS) is 10.9. The van der Waals surface area contributed by atoms with Gasteiger partial charge in [-0.3, -0.25) is 5.41 Å². The fourth-order valence-electron chi connectivity index (χ4n) is 1.86. The minimum Gasteiger partial charge on any atom is -0.427 e. The van der Waals surface area contributed by atoms with Crippen LogP contribution >= 0.6 is 0 Å². The fraction of sp³-hybridized carbons (Fsp3) is 0.0833. The van der Waals surface area contributed by atoms with Gasteiger partial charge >= 0.3 is 0 Å². The van der Waals surface area contributed by atoms with E-state index in [1.807, 2.05) is 30.3 Å². The van der Waals surface area contributed by atoms with Gasteiger partial charge in [0, 0.05) is 0 Å². The molecule has 0 atom stereocenters. The van der Waals surface area contributed by atoms with Crippen LogP contribution in [0, 0.1) is 5.41 Å². The van der Waals surface area contributed by atoms with E-state index in [1.54, 1.807) is 10.9 Å². The monoisotopic (exact) mass is 241 g/mol. The molecule has 18 heavy (non-hydrogen) atoms. The first-order chi connectivity index (χ1) is 8.75. The molecule has 0 fully saturated rings. The molecule has 3 rings (SSSR count). The second-order valence-electron chi connectivity index (χ2n) is 3.97. The molecule has 0 radical (unpaired) electrons. The molecular weight excluding hydrogens is 230 g/mol. The molecule has 90 valence electrons. The highest BCUT2D eigenvalue weighted by molar-refractivity contribution is 5.67. The second kappa shape index (κ2) is 3.99. The van der Waals surface area contributed by atoms with Gasteiger partial charge in [0.2, 0.25) is 0 Å². The lowest BCUT2D eigenvalue weighted by atomic mass is 10.2. The molecule has 6 heteroatoms. The summed E-state index contributed by atoms with van der Waals surface area (Å²) in [5.74, 6) is 0. The zero-order valence-corrected chi connectivity index (χ0v) is 9.48. The minimum atomic E-state index is 0.184. The highest BCUT2D eigenvalue weighted by Gasteiger charge is 2.07. The van der Waals surface area contributed by atoms with Crippen LogP contribution in [-0.4, -0.2) is 24.5 Å². The molecule has 3 aromatic rings. The van der Waals surface area contributed by atoms with Crippen LogP contribution in [0.2, 0.25) is 0 Å². The number of benzene rings is 1. The summed E-state index contributed by atoms with van der Waals surface area (Å²) in [4.78, 5) is 8.01. The quantitative estimate of drug-likeness (QED) is 0.657. The third-order valence-electron chi connectivity index (χ3n) is 2.76. The first-order valence-electron chi connectivity index (χ1n) is 5.46. The molecule has 0 aliphatic rings. The fourth-order valence-corrected chi connectivity index (χ4v) is 1.86. The molecule has 0 unspecified atom stereocenters. The molecule has 0 aliphatic carbocycles. The SMILES string of the molecule is N=c1c2c(ncn1Cc1ccccc1)ncn2O. The first-order valence-corrected chi connectivity index (χ1v) is 5.46. The van der Waals surface area contributed by atoms with Gasteiger partial charge < -0.3 is 9.77 Å². The van der Waals surface area contributed by atoms with Crippen LogP contribution in [0.3, 0.4) is 0 Å². The Hall–Kier alpha value is -2.63. The van der Waals surface area contributed by atoms with Gasteiger partial charge in [0.15, 0.2) is 16.7 Å². The van der Waals surface area contributed by atoms with E-state index in [1.165, 1.54) is 6.33 Å². The van der Waals surface area contributed by atoms with Crippen molar-refractivity contribution < 1.29 is 5.21 Å². The number of aromatic nitrogens is 4. The van der Waals surface area contributed by atoms with Crippen LogP contribution in [0.4, 0.5) is 0 Å². The van der Waals surface area contributed by atoms with Crippen molar-refractivity contribution in [2.75, 3.05) is 0 Å². The maximum absolute atomic E-state index is 9.56. The summed E-state index contributed by atoms with van der Waals surface area (Å²) in [5.41, 5.74) is 1.94. The number of nitrogens with one attached hydrogen (secondary N) is 1. The highest BCUT2D eigenvalue weighted by atomic mass is 16.5. The number of imidazole rings is 1. The van der Waals surface area contributed by atoms with E-state index in [2.05, 4.69) is 9.97 Å². The van der Waals surface area contributed by atoms with Crippen molar-refractivity contribution >= 4 is 11.2 Å². The molecule has 2 heterocycles. The van der Waals surface area contributed by atoms with Crippen molar-refractivity contribution in [3.05, 3.63) is 54.0 Å². The van der Waals surface area contributed by atoms with Crippen LogP contribution in [0.25, 0.3) is 11.2 Å². The third kappa shape index (κ3) is 1.64. The predicted octanol–water partition coefficient (Wildman–Crippen LogP) is 0.998. The van der Waals surface area contributed by atoms with Gasteiger partial charge in [-0.2, -0.15) is 4.73 Å². The maximum Gasteiger partial charge on any atom is 0.186 e. The van der Waals surface area contributed by atoms with E-state index in [-0.39, 0.29) is 5.49 Å². The van der Waals surface area contributed by atoms with Crippen LogP contribution in [0.5, 0.6) is 0 Å². The van der Waals surface area contributed by atoms with Gasteiger partial charge in [0.05, 0.1) is 12.9 Å². The molecule has 0 amide bonds. The van der Waals surface area contributed by atoms with Crippen molar-refractivity contribution in [2.45, 2.75) is 6.54 Å². The lowest BCUT2D eigenvalue weighted by molar-refractivity contribution is 0.197. The van der Waals surface area contributed by atoms with Crippen LogP contribution in [0.1, 0.15) is 5.56 Å². The average Bonchev–Trinajstić information content (AvgIpc) is 2.77. The van der Waals surface area contributed by atoms with Gasteiger partial charge in [-0.1, -0.05) is 30.3 Å². The number of fused-ring (bicyclic) bond motifs is 1. The standard InChI is InChI=1S/C12H11N5O/c13-11-10-12(15-8-17(10)18)14-7-16(11)6-9-4-2-1-3-5-9/h1-5,7-8,13,18H,6H2. The van der Waals surface area contributed by atoms with E-state index < -0.39 is 0 Å². The highest BCUT2D eigenvalue weighted by Crippen LogP contribution is 2.04. The molecule has 0 bridgehead atoms. The topological polar surface area (TPSA) is 79.7 Å². The Balaban J connectivity index is 2.11. The summed E-state index contributed by atoms with van der Waals surface area (Å²) in [5, 5.41) is 17.6. The summed E-state index contributed by atoms with van der Waals surface area (Å²) in [6.45, 7) is 0.536. The Kier molecular flexibility index (Phi) is 2.33. The Labute approximate surface area is 102 Å². The molecule has 0 aliphatic heterocycles. The maximum atomic E-state index is 9.56. The summed E-state index contributed by atoms with van der Waals surface area (Å²) < 4.78 is 2.48. The Bertz CT molecular complexity index is 744. The molecule has 2 aromatic heterocycles. The van der Waals surface area contributed by atoms with E-state index in [0.717, 1.165) is 10.3 Å². The molecule has 0 saturated carbocycles. The zero-order valence-electron chi connectivity index (χ0n) is 9.48. The second-order valence-corrected chi connectivity index (χ2v) is 3.97. The average molecular weight is 241 g/mol. The van der Waals surface area contributed by atoms with Crippen molar-refractivity contribution in [3.8, 4) is 0 Å². The van der Waals surface area contributed by atoms with E-state index >= 15 is 0 Å². The summed E-state index contributed by atoms with van der Waals surface area (Å²) >= 11 is 0. The van der Waals surface area contributed by atoms with E-state index in [4.69, 9.17) is 5.41 Å². The van der Waals surface area contributed by atoms with Crippen molar-refractivity contribution in [1.82, 2.24) is 19.3 Å². The van der Waals surface area contributed by atoms with Crippen molar-refractivity contribution in [3.63, 3.8) is 0 Å². The molecular formula is C12H11N5O. The minimum absolute atomic E-state index is 0.184. The summed E-state index contributed by atoms with van der Waals surface area (Å²) in [6.07, 6.45) is 2.80. The first kappa shape index (κ1) is 10.5. The molecule has 2 N–H and O–H groups in total. The Morgan fingerprint density at radius 2 is 1.83 bits per heavy atom. The van der Waals surface area contributed by atoms with Gasteiger partial charge in [0.1, 0.15) is 6.33 Å². The van der Waals surface area contributed by atoms with Gasteiger partial charge in [-0.05, 0) is 5.56 Å². The van der Waals surface area contributed by atoms with Crippen molar-refractivity contribution in [1.29, 1.82) is 5.41 Å². The third-order valence-corrected chi connectivity index (χ3v) is 2.76. The van der Waals surface area contributed by atoms with Gasteiger partial charge in [-0.15, -0.1) is 0 Å². The summed E-state index contributed by atoms with van der Waals surface area (Å²) in [7, 11) is 0. The Morgan fingerprint density at radius 1 is 1.11 bits per heavy atom. The molecule has 6 nitrogen and oxygen atoms in total. The van der Waals surface area contributed by atoms with E-state index in [0.29, 0.717) is 17.7 Å². The molecule has 1 aromatic carbocycles. The predicted molar refractivity (Wildman–Crippen MR) is 64.1 cm³/mol. The molecule has 0 saturated heterocycles. The van der Waals surface area contributed by atoms with Crippen LogP contribution < -0.4 is 5.49 Å². The van der Waals surface area contributed by atoms with E-state index in [9.17, 15) is 5.21 Å². The van der Waals surface area contributed by atoms with Crippen molar-refractivity contribution in [2.24, 2.45) is 0 Å². The van der Waals surface area contributed by atoms with Crippen LogP contribution in [-0.2, 0) is 6.54 Å². The number of hydrogen-bond donors (Lipinski definition) is 2. The Morgan fingerprint density at radius 3 is 2.61 bits per heavy atom.